The van der Waals surface area contributed by atoms with Gasteiger partial charge in [0.25, 0.3) is 5.91 Å². The zero-order valence-electron chi connectivity index (χ0n) is 16.8. The van der Waals surface area contributed by atoms with Gasteiger partial charge in [-0.15, -0.1) is 0 Å². The van der Waals surface area contributed by atoms with Crippen LogP contribution in [0.2, 0.25) is 5.02 Å². The molecule has 1 unspecified atom stereocenters. The van der Waals surface area contributed by atoms with E-state index in [-0.39, 0.29) is 24.4 Å². The standard InChI is InChI=1S/C22H28ClN3O2/c1-15(2)13-24-22(28)19-10-5-6-11-20(19)25-21(27)14-26(4)16(3)17-8-7-9-18(23)12-17/h5-12,15-16H,13-14H2,1-4H3,(H,24,28)(H,25,27). The van der Waals surface area contributed by atoms with E-state index < -0.39 is 0 Å². The minimum Gasteiger partial charge on any atom is -0.352 e. The second-order valence-electron chi connectivity index (χ2n) is 7.34. The first-order valence-electron chi connectivity index (χ1n) is 9.40. The van der Waals surface area contributed by atoms with E-state index in [0.717, 1.165) is 5.56 Å². The summed E-state index contributed by atoms with van der Waals surface area (Å²) in [6.45, 7) is 6.86. The number of likely N-dealkylation sites (N-methyl/N-ethyl adjacent to an activating group) is 1. The lowest BCUT2D eigenvalue weighted by molar-refractivity contribution is -0.117. The molecule has 6 heteroatoms. The Bertz CT molecular complexity index is 823. The normalized spacial score (nSPS) is 12.1. The van der Waals surface area contributed by atoms with Gasteiger partial charge in [0.1, 0.15) is 0 Å². The second kappa shape index (κ2) is 10.2. The van der Waals surface area contributed by atoms with Crippen LogP contribution in [-0.2, 0) is 4.79 Å². The highest BCUT2D eigenvalue weighted by atomic mass is 35.5. The van der Waals surface area contributed by atoms with Crippen LogP contribution in [-0.4, -0.2) is 36.9 Å². The number of halogens is 1. The molecule has 2 aromatic rings. The molecule has 0 aliphatic carbocycles. The summed E-state index contributed by atoms with van der Waals surface area (Å²) in [6, 6.07) is 14.7. The number of amides is 2. The van der Waals surface area contributed by atoms with Gasteiger partial charge in [-0.1, -0.05) is 49.7 Å². The summed E-state index contributed by atoms with van der Waals surface area (Å²) in [5.41, 5.74) is 2.01. The fourth-order valence-electron chi connectivity index (χ4n) is 2.76. The van der Waals surface area contributed by atoms with Crippen molar-refractivity contribution in [2.24, 2.45) is 5.92 Å². The van der Waals surface area contributed by atoms with Gasteiger partial charge >= 0.3 is 0 Å². The van der Waals surface area contributed by atoms with Gasteiger partial charge in [0, 0.05) is 17.6 Å². The lowest BCUT2D eigenvalue weighted by atomic mass is 10.1. The molecule has 1 atom stereocenters. The molecular formula is C22H28ClN3O2. The topological polar surface area (TPSA) is 61.4 Å². The number of carbonyl (C=O) groups is 2. The second-order valence-corrected chi connectivity index (χ2v) is 7.78. The quantitative estimate of drug-likeness (QED) is 0.690. The zero-order valence-corrected chi connectivity index (χ0v) is 17.6. The molecule has 2 N–H and O–H groups in total. The first kappa shape index (κ1) is 21.9. The van der Waals surface area contributed by atoms with E-state index in [1.165, 1.54) is 0 Å². The predicted molar refractivity (Wildman–Crippen MR) is 115 cm³/mol. The molecule has 0 radical (unpaired) electrons. The molecule has 0 aliphatic rings. The van der Waals surface area contributed by atoms with Gasteiger partial charge in [-0.2, -0.15) is 0 Å². The Hall–Kier alpha value is -2.37. The van der Waals surface area contributed by atoms with Crippen molar-refractivity contribution in [3.63, 3.8) is 0 Å². The Morgan fingerprint density at radius 2 is 1.79 bits per heavy atom. The molecular weight excluding hydrogens is 374 g/mol. The molecule has 2 aromatic carbocycles. The van der Waals surface area contributed by atoms with E-state index in [1.54, 1.807) is 24.3 Å². The highest BCUT2D eigenvalue weighted by Gasteiger charge is 2.17. The van der Waals surface area contributed by atoms with E-state index in [0.29, 0.717) is 28.7 Å². The molecule has 28 heavy (non-hydrogen) atoms. The fraction of sp³-hybridized carbons (Fsp3) is 0.364. The first-order chi connectivity index (χ1) is 13.3. The lowest BCUT2D eigenvalue weighted by Crippen LogP contribution is -2.33. The van der Waals surface area contributed by atoms with Crippen molar-refractivity contribution >= 4 is 29.1 Å². The van der Waals surface area contributed by atoms with Crippen LogP contribution in [0, 0.1) is 5.92 Å². The van der Waals surface area contributed by atoms with E-state index in [1.807, 2.05) is 57.0 Å². The number of nitrogens with zero attached hydrogens (tertiary/aromatic N) is 1. The number of nitrogens with one attached hydrogen (secondary N) is 2. The molecule has 0 aromatic heterocycles. The lowest BCUT2D eigenvalue weighted by Gasteiger charge is -2.25. The third-order valence-electron chi connectivity index (χ3n) is 4.50. The average molecular weight is 402 g/mol. The summed E-state index contributed by atoms with van der Waals surface area (Å²) < 4.78 is 0. The average Bonchev–Trinajstić information content (AvgIpc) is 2.65. The highest BCUT2D eigenvalue weighted by Crippen LogP contribution is 2.22. The third kappa shape index (κ3) is 6.36. The maximum Gasteiger partial charge on any atom is 0.253 e. The van der Waals surface area contributed by atoms with E-state index >= 15 is 0 Å². The van der Waals surface area contributed by atoms with Gasteiger partial charge in [-0.05, 0) is 49.7 Å². The number of benzene rings is 2. The largest absolute Gasteiger partial charge is 0.352 e. The van der Waals surface area contributed by atoms with Gasteiger partial charge in [-0.25, -0.2) is 0 Å². The number of hydrogen-bond donors (Lipinski definition) is 2. The zero-order chi connectivity index (χ0) is 20.7. The van der Waals surface area contributed by atoms with Gasteiger partial charge < -0.3 is 10.6 Å². The third-order valence-corrected chi connectivity index (χ3v) is 4.74. The monoisotopic (exact) mass is 401 g/mol. The van der Waals surface area contributed by atoms with Crippen LogP contribution in [0.25, 0.3) is 0 Å². The van der Waals surface area contributed by atoms with E-state index in [4.69, 9.17) is 11.6 Å². The van der Waals surface area contributed by atoms with Crippen molar-refractivity contribution in [1.82, 2.24) is 10.2 Å². The van der Waals surface area contributed by atoms with Gasteiger partial charge in [0.15, 0.2) is 0 Å². The van der Waals surface area contributed by atoms with Crippen LogP contribution in [0.1, 0.15) is 42.7 Å². The van der Waals surface area contributed by atoms with Crippen molar-refractivity contribution in [3.8, 4) is 0 Å². The molecule has 150 valence electrons. The Morgan fingerprint density at radius 1 is 1.07 bits per heavy atom. The highest BCUT2D eigenvalue weighted by molar-refractivity contribution is 6.30. The fourth-order valence-corrected chi connectivity index (χ4v) is 2.96. The van der Waals surface area contributed by atoms with Crippen molar-refractivity contribution in [2.45, 2.75) is 26.8 Å². The maximum absolute atomic E-state index is 12.6. The minimum absolute atomic E-state index is 0.0223. The summed E-state index contributed by atoms with van der Waals surface area (Å²) in [7, 11) is 1.88. The van der Waals surface area contributed by atoms with Crippen LogP contribution in [0.4, 0.5) is 5.69 Å². The molecule has 0 saturated heterocycles. The van der Waals surface area contributed by atoms with Crippen LogP contribution in [0.5, 0.6) is 0 Å². The summed E-state index contributed by atoms with van der Waals surface area (Å²) in [5.74, 6) is -0.0157. The Labute approximate surface area is 172 Å². The number of hydrogen-bond acceptors (Lipinski definition) is 3. The van der Waals surface area contributed by atoms with Crippen molar-refractivity contribution in [1.29, 1.82) is 0 Å². The van der Waals surface area contributed by atoms with Crippen LogP contribution in [0.15, 0.2) is 48.5 Å². The molecule has 0 aliphatic heterocycles. The number of carbonyl (C=O) groups excluding carboxylic acids is 2. The van der Waals surface area contributed by atoms with Gasteiger partial charge in [-0.3, -0.25) is 14.5 Å². The van der Waals surface area contributed by atoms with E-state index in [9.17, 15) is 9.59 Å². The molecule has 0 heterocycles. The number of rotatable bonds is 8. The first-order valence-corrected chi connectivity index (χ1v) is 9.78. The Kier molecular flexibility index (Phi) is 8.03. The van der Waals surface area contributed by atoms with Gasteiger partial charge in [0.2, 0.25) is 5.91 Å². The minimum atomic E-state index is -0.190. The molecule has 5 nitrogen and oxygen atoms in total. The van der Waals surface area contributed by atoms with Crippen molar-refractivity contribution < 1.29 is 9.59 Å². The van der Waals surface area contributed by atoms with Crippen molar-refractivity contribution in [3.05, 3.63) is 64.7 Å². The summed E-state index contributed by atoms with van der Waals surface area (Å²) in [4.78, 5) is 26.9. The Morgan fingerprint density at radius 3 is 2.46 bits per heavy atom. The molecule has 2 amide bonds. The van der Waals surface area contributed by atoms with Crippen LogP contribution in [0.3, 0.4) is 0 Å². The van der Waals surface area contributed by atoms with Crippen LogP contribution < -0.4 is 10.6 Å². The molecule has 0 bridgehead atoms. The van der Waals surface area contributed by atoms with E-state index in [2.05, 4.69) is 10.6 Å². The molecule has 2 rings (SSSR count). The Balaban J connectivity index is 2.02. The summed E-state index contributed by atoms with van der Waals surface area (Å²) >= 11 is 6.06. The molecule has 0 spiro atoms. The SMILES string of the molecule is CC(C)CNC(=O)c1ccccc1NC(=O)CN(C)C(C)c1cccc(Cl)c1. The van der Waals surface area contributed by atoms with Crippen LogP contribution >= 0.6 is 11.6 Å². The van der Waals surface area contributed by atoms with Gasteiger partial charge in [0.05, 0.1) is 17.8 Å². The summed E-state index contributed by atoms with van der Waals surface area (Å²) in [6.07, 6.45) is 0. The number of para-hydroxylation sites is 1. The smallest absolute Gasteiger partial charge is 0.253 e. The molecule has 0 saturated carbocycles. The molecule has 0 fully saturated rings. The summed E-state index contributed by atoms with van der Waals surface area (Å²) in [5, 5.41) is 6.41. The number of anilines is 1. The predicted octanol–water partition coefficient (Wildman–Crippen LogP) is 4.36. The maximum atomic E-state index is 12.6. The van der Waals surface area contributed by atoms with Crippen molar-refractivity contribution in [2.75, 3.05) is 25.5 Å².